The molecule has 23 heavy (non-hydrogen) atoms. The number of carbonyl (C=O) groups is 2. The second-order valence-electron chi connectivity index (χ2n) is 5.50. The predicted molar refractivity (Wildman–Crippen MR) is 84.9 cm³/mol. The number of amides is 2. The highest BCUT2D eigenvalue weighted by Gasteiger charge is 2.25. The molecule has 1 fully saturated rings. The molecule has 2 amide bonds. The van der Waals surface area contributed by atoms with Gasteiger partial charge in [0.15, 0.2) is 0 Å². The number of aromatic nitrogens is 2. The Morgan fingerprint density at radius 3 is 2.57 bits per heavy atom. The minimum absolute atomic E-state index is 0.00685. The number of hydrogen-bond acceptors (Lipinski definition) is 4. The Kier molecular flexibility index (Phi) is 4.61. The summed E-state index contributed by atoms with van der Waals surface area (Å²) < 4.78 is 0. The van der Waals surface area contributed by atoms with E-state index in [1.807, 2.05) is 0 Å². The lowest BCUT2D eigenvalue weighted by Gasteiger charge is -2.32. The summed E-state index contributed by atoms with van der Waals surface area (Å²) in [4.78, 5) is 34.3. The van der Waals surface area contributed by atoms with Crippen LogP contribution in [-0.2, 0) is 0 Å². The number of rotatable bonds is 3. The van der Waals surface area contributed by atoms with E-state index >= 15 is 0 Å². The lowest BCUT2D eigenvalue weighted by Crippen LogP contribution is -2.46. The molecule has 1 aliphatic heterocycles. The normalized spacial score (nSPS) is 15.2. The van der Waals surface area contributed by atoms with Gasteiger partial charge in [-0.1, -0.05) is 6.07 Å². The van der Waals surface area contributed by atoms with Crippen molar-refractivity contribution in [1.82, 2.24) is 20.2 Å². The van der Waals surface area contributed by atoms with Crippen molar-refractivity contribution < 1.29 is 9.59 Å². The van der Waals surface area contributed by atoms with E-state index in [-0.39, 0.29) is 17.9 Å². The number of likely N-dealkylation sites (tertiary alicyclic amines) is 1. The summed E-state index contributed by atoms with van der Waals surface area (Å²) in [5.41, 5.74) is 1.02. The third-order valence-electron chi connectivity index (χ3n) is 3.92. The van der Waals surface area contributed by atoms with Crippen LogP contribution in [0.3, 0.4) is 0 Å². The molecule has 1 aliphatic rings. The van der Waals surface area contributed by atoms with Crippen molar-refractivity contribution >= 4 is 11.8 Å². The smallest absolute Gasteiger partial charge is 0.270 e. The molecule has 1 saturated heterocycles. The molecule has 1 N–H and O–H groups in total. The van der Waals surface area contributed by atoms with E-state index in [2.05, 4.69) is 15.3 Å². The van der Waals surface area contributed by atoms with Crippen molar-refractivity contribution in [3.05, 3.63) is 60.2 Å². The first kappa shape index (κ1) is 15.1. The first-order valence-corrected chi connectivity index (χ1v) is 7.65. The Balaban J connectivity index is 1.53. The van der Waals surface area contributed by atoms with Crippen LogP contribution in [0.15, 0.2) is 48.9 Å². The average molecular weight is 310 g/mol. The highest BCUT2D eigenvalue weighted by molar-refractivity contribution is 5.94. The standard InChI is InChI=1S/C17H18N4O2/c22-16(15-5-1-2-9-19-15)20-14-6-10-21(11-7-14)17(23)13-4-3-8-18-12-13/h1-5,8-9,12,14H,6-7,10-11H2,(H,20,22). The van der Waals surface area contributed by atoms with Gasteiger partial charge in [0.2, 0.25) is 0 Å². The van der Waals surface area contributed by atoms with Crippen LogP contribution in [-0.4, -0.2) is 45.8 Å². The molecule has 0 atom stereocenters. The van der Waals surface area contributed by atoms with Gasteiger partial charge in [-0.2, -0.15) is 0 Å². The number of hydrogen-bond donors (Lipinski definition) is 1. The number of carbonyl (C=O) groups excluding carboxylic acids is 2. The van der Waals surface area contributed by atoms with Crippen LogP contribution in [0, 0.1) is 0 Å². The summed E-state index contributed by atoms with van der Waals surface area (Å²) in [6.07, 6.45) is 6.31. The Hall–Kier alpha value is -2.76. The Bertz CT molecular complexity index is 668. The molecule has 3 rings (SSSR count). The van der Waals surface area contributed by atoms with E-state index in [9.17, 15) is 9.59 Å². The zero-order valence-corrected chi connectivity index (χ0v) is 12.7. The second kappa shape index (κ2) is 7.00. The van der Waals surface area contributed by atoms with Gasteiger partial charge in [0.1, 0.15) is 5.69 Å². The molecule has 0 spiro atoms. The van der Waals surface area contributed by atoms with Gasteiger partial charge < -0.3 is 10.2 Å². The molecule has 0 radical (unpaired) electrons. The zero-order chi connectivity index (χ0) is 16.1. The van der Waals surface area contributed by atoms with Gasteiger partial charge in [-0.3, -0.25) is 19.6 Å². The highest BCUT2D eigenvalue weighted by atomic mass is 16.2. The van der Waals surface area contributed by atoms with Crippen LogP contribution in [0.4, 0.5) is 0 Å². The molecular weight excluding hydrogens is 292 g/mol. The molecule has 2 aromatic heterocycles. The minimum atomic E-state index is -0.164. The lowest BCUT2D eigenvalue weighted by molar-refractivity contribution is 0.0697. The number of pyridine rings is 2. The van der Waals surface area contributed by atoms with Crippen molar-refractivity contribution in [2.24, 2.45) is 0 Å². The van der Waals surface area contributed by atoms with E-state index in [0.29, 0.717) is 24.3 Å². The Morgan fingerprint density at radius 1 is 1.09 bits per heavy atom. The quantitative estimate of drug-likeness (QED) is 0.932. The number of nitrogens with zero attached hydrogens (tertiary/aromatic N) is 3. The fourth-order valence-electron chi connectivity index (χ4n) is 2.66. The summed E-state index contributed by atoms with van der Waals surface area (Å²) in [6.45, 7) is 1.25. The van der Waals surface area contributed by atoms with Gasteiger partial charge in [-0.05, 0) is 37.1 Å². The number of nitrogens with one attached hydrogen (secondary N) is 1. The van der Waals surface area contributed by atoms with Gasteiger partial charge >= 0.3 is 0 Å². The summed E-state index contributed by atoms with van der Waals surface area (Å²) in [6, 6.07) is 8.85. The topological polar surface area (TPSA) is 75.2 Å². The molecule has 118 valence electrons. The average Bonchev–Trinajstić information content (AvgIpc) is 2.63. The summed E-state index contributed by atoms with van der Waals surface area (Å²) in [5, 5.41) is 2.98. The maximum absolute atomic E-state index is 12.3. The zero-order valence-electron chi connectivity index (χ0n) is 12.7. The third-order valence-corrected chi connectivity index (χ3v) is 3.92. The van der Waals surface area contributed by atoms with Crippen LogP contribution in [0.2, 0.25) is 0 Å². The van der Waals surface area contributed by atoms with Crippen LogP contribution in [0.25, 0.3) is 0 Å². The van der Waals surface area contributed by atoms with Crippen LogP contribution in [0.5, 0.6) is 0 Å². The van der Waals surface area contributed by atoms with Crippen molar-refractivity contribution in [3.63, 3.8) is 0 Å². The third kappa shape index (κ3) is 3.71. The van der Waals surface area contributed by atoms with E-state index in [1.165, 1.54) is 0 Å². The van der Waals surface area contributed by atoms with Crippen molar-refractivity contribution in [2.75, 3.05) is 13.1 Å². The molecular formula is C17H18N4O2. The van der Waals surface area contributed by atoms with Gasteiger partial charge in [-0.25, -0.2) is 0 Å². The van der Waals surface area contributed by atoms with E-state index < -0.39 is 0 Å². The maximum atomic E-state index is 12.3. The molecule has 0 bridgehead atoms. The summed E-state index contributed by atoms with van der Waals surface area (Å²) in [5.74, 6) is -0.171. The molecule has 3 heterocycles. The Labute approximate surface area is 134 Å². The minimum Gasteiger partial charge on any atom is -0.348 e. The van der Waals surface area contributed by atoms with Gasteiger partial charge in [0.25, 0.3) is 11.8 Å². The molecule has 0 aliphatic carbocycles. The van der Waals surface area contributed by atoms with Gasteiger partial charge in [-0.15, -0.1) is 0 Å². The van der Waals surface area contributed by atoms with Crippen LogP contribution < -0.4 is 5.32 Å². The molecule has 6 nitrogen and oxygen atoms in total. The van der Waals surface area contributed by atoms with Crippen LogP contribution >= 0.6 is 0 Å². The number of piperidine rings is 1. The van der Waals surface area contributed by atoms with Crippen molar-refractivity contribution in [1.29, 1.82) is 0 Å². The van der Waals surface area contributed by atoms with Crippen molar-refractivity contribution in [2.45, 2.75) is 18.9 Å². The van der Waals surface area contributed by atoms with Gasteiger partial charge in [0, 0.05) is 37.7 Å². The molecule has 0 aromatic carbocycles. The molecule has 0 unspecified atom stereocenters. The largest absolute Gasteiger partial charge is 0.348 e. The van der Waals surface area contributed by atoms with Crippen molar-refractivity contribution in [3.8, 4) is 0 Å². The van der Waals surface area contributed by atoms with E-state index in [1.54, 1.807) is 53.8 Å². The summed E-state index contributed by atoms with van der Waals surface area (Å²) >= 11 is 0. The maximum Gasteiger partial charge on any atom is 0.270 e. The lowest BCUT2D eigenvalue weighted by atomic mass is 10.0. The monoisotopic (exact) mass is 310 g/mol. The molecule has 6 heteroatoms. The highest BCUT2D eigenvalue weighted by Crippen LogP contribution is 2.14. The predicted octanol–water partition coefficient (Wildman–Crippen LogP) is 1.51. The van der Waals surface area contributed by atoms with Gasteiger partial charge in [0.05, 0.1) is 5.56 Å². The summed E-state index contributed by atoms with van der Waals surface area (Å²) in [7, 11) is 0. The van der Waals surface area contributed by atoms with E-state index in [0.717, 1.165) is 12.8 Å². The molecule has 0 saturated carbocycles. The second-order valence-corrected chi connectivity index (χ2v) is 5.50. The fraction of sp³-hybridized carbons (Fsp3) is 0.294. The van der Waals surface area contributed by atoms with Crippen LogP contribution in [0.1, 0.15) is 33.7 Å². The SMILES string of the molecule is O=C(NC1CCN(C(=O)c2cccnc2)CC1)c1ccccn1. The first-order chi connectivity index (χ1) is 11.2. The van der Waals surface area contributed by atoms with E-state index in [4.69, 9.17) is 0 Å². The first-order valence-electron chi connectivity index (χ1n) is 7.65. The Morgan fingerprint density at radius 2 is 1.91 bits per heavy atom. The molecule has 2 aromatic rings. The fourth-order valence-corrected chi connectivity index (χ4v) is 2.66.